The highest BCUT2D eigenvalue weighted by atomic mass is 35.5. The van der Waals surface area contributed by atoms with Crippen molar-refractivity contribution < 1.29 is 28.6 Å². The standard InChI is InChI=1S/C27H24ClN3O7S2/c1-36-16-5-3-15(4-6-16)31-25(33)21-20(22-24(29-27(35)40-22)39-23(21)26(31)34)17-12-14(28)2-7-18(17)38-13-19(32)30-8-10-37-11-9-30/h2-7,12,20-21,23H,8-11,13H2,1H3,(H,29,35)/t20-,21?,23?/m1/s1. The first-order valence-corrected chi connectivity index (χ1v) is 14.6. The largest absolute Gasteiger partial charge is 0.497 e. The molecule has 0 radical (unpaired) electrons. The van der Waals surface area contributed by atoms with Gasteiger partial charge in [-0.05, 0) is 42.5 Å². The average Bonchev–Trinajstić information content (AvgIpc) is 3.46. The van der Waals surface area contributed by atoms with Crippen molar-refractivity contribution in [3.8, 4) is 11.5 Å². The molecule has 2 aromatic carbocycles. The third kappa shape index (κ3) is 4.78. The number of carbonyl (C=O) groups is 3. The molecule has 2 saturated heterocycles. The average molecular weight is 602 g/mol. The van der Waals surface area contributed by atoms with Crippen molar-refractivity contribution in [1.82, 2.24) is 9.88 Å². The van der Waals surface area contributed by atoms with Crippen molar-refractivity contribution in [3.63, 3.8) is 0 Å². The zero-order chi connectivity index (χ0) is 28.0. The SMILES string of the molecule is COc1ccc(N2C(=O)C3Sc4[nH]c(=O)sc4[C@H](c4cc(Cl)ccc4OCC(=O)N4CCOCC4)C3C2=O)cc1. The number of ether oxygens (including phenoxy) is 3. The van der Waals surface area contributed by atoms with Gasteiger partial charge in [0.05, 0.1) is 37.0 Å². The van der Waals surface area contributed by atoms with Gasteiger partial charge in [0.2, 0.25) is 11.8 Å². The molecule has 6 rings (SSSR count). The number of amides is 3. The van der Waals surface area contributed by atoms with Gasteiger partial charge in [-0.3, -0.25) is 19.2 Å². The summed E-state index contributed by atoms with van der Waals surface area (Å²) in [4.78, 5) is 59.0. The maximum atomic E-state index is 14.0. The molecule has 3 aliphatic heterocycles. The molecule has 4 heterocycles. The Balaban J connectivity index is 1.38. The third-order valence-corrected chi connectivity index (χ3v) is 9.81. The van der Waals surface area contributed by atoms with E-state index in [1.807, 2.05) is 0 Å². The van der Waals surface area contributed by atoms with Gasteiger partial charge in [-0.25, -0.2) is 4.90 Å². The predicted octanol–water partition coefficient (Wildman–Crippen LogP) is 3.13. The van der Waals surface area contributed by atoms with Crippen molar-refractivity contribution in [2.45, 2.75) is 16.2 Å². The van der Waals surface area contributed by atoms with Crippen molar-refractivity contribution in [2.24, 2.45) is 5.92 Å². The normalized spacial score (nSPS) is 22.2. The molecule has 10 nitrogen and oxygen atoms in total. The molecule has 13 heteroatoms. The molecule has 0 bridgehead atoms. The quantitative estimate of drug-likeness (QED) is 0.428. The van der Waals surface area contributed by atoms with Crippen molar-refractivity contribution >= 4 is 58.1 Å². The number of nitrogens with one attached hydrogen (secondary N) is 1. The minimum Gasteiger partial charge on any atom is -0.497 e. The van der Waals surface area contributed by atoms with E-state index in [1.54, 1.807) is 47.4 Å². The molecule has 1 aromatic heterocycles. The molecule has 208 valence electrons. The second-order valence-corrected chi connectivity index (χ2v) is 12.0. The van der Waals surface area contributed by atoms with Gasteiger partial charge < -0.3 is 24.1 Å². The molecule has 0 aliphatic carbocycles. The second-order valence-electron chi connectivity index (χ2n) is 9.42. The highest BCUT2D eigenvalue weighted by Gasteiger charge is 2.56. The molecule has 2 fully saturated rings. The van der Waals surface area contributed by atoms with Crippen molar-refractivity contribution in [2.75, 3.05) is 44.9 Å². The monoisotopic (exact) mass is 601 g/mol. The summed E-state index contributed by atoms with van der Waals surface area (Å²) < 4.78 is 16.6. The third-order valence-electron chi connectivity index (χ3n) is 7.18. The number of anilines is 1. The van der Waals surface area contributed by atoms with Crippen LogP contribution in [0.4, 0.5) is 5.69 Å². The number of nitrogens with zero attached hydrogens (tertiary/aromatic N) is 2. The van der Waals surface area contributed by atoms with E-state index in [2.05, 4.69) is 4.98 Å². The van der Waals surface area contributed by atoms with Crippen LogP contribution in [0, 0.1) is 5.92 Å². The topological polar surface area (TPSA) is 118 Å². The van der Waals surface area contributed by atoms with E-state index in [4.69, 9.17) is 25.8 Å². The number of thiazole rings is 1. The minimum atomic E-state index is -0.825. The van der Waals surface area contributed by atoms with Crippen molar-refractivity contribution in [1.29, 1.82) is 0 Å². The van der Waals surface area contributed by atoms with Crippen LogP contribution >= 0.6 is 34.7 Å². The molecular formula is C27H24ClN3O7S2. The number of morpholine rings is 1. The maximum absolute atomic E-state index is 14.0. The highest BCUT2D eigenvalue weighted by molar-refractivity contribution is 8.00. The molecule has 0 spiro atoms. The second kappa shape index (κ2) is 10.9. The number of thioether (sulfide) groups is 1. The van der Waals surface area contributed by atoms with Crippen LogP contribution in [0.25, 0.3) is 0 Å². The first-order valence-electron chi connectivity index (χ1n) is 12.5. The highest BCUT2D eigenvalue weighted by Crippen LogP contribution is 2.54. The van der Waals surface area contributed by atoms with Gasteiger partial charge in [0.15, 0.2) is 6.61 Å². The fraction of sp³-hybridized carbons (Fsp3) is 0.333. The Bertz CT molecular complexity index is 1530. The van der Waals surface area contributed by atoms with E-state index in [0.29, 0.717) is 64.0 Å². The van der Waals surface area contributed by atoms with Gasteiger partial charge >= 0.3 is 4.87 Å². The Morgan fingerprint density at radius 2 is 1.85 bits per heavy atom. The summed E-state index contributed by atoms with van der Waals surface area (Å²) in [6.45, 7) is 1.69. The molecule has 1 N–H and O–H groups in total. The Morgan fingerprint density at radius 1 is 1.10 bits per heavy atom. The van der Waals surface area contributed by atoms with Gasteiger partial charge in [0.1, 0.15) is 16.7 Å². The Kier molecular flexibility index (Phi) is 7.34. The number of imide groups is 1. The number of hydrogen-bond acceptors (Lipinski definition) is 9. The lowest BCUT2D eigenvalue weighted by Gasteiger charge is -2.31. The molecule has 3 aromatic rings. The van der Waals surface area contributed by atoms with Crippen LogP contribution in [0.15, 0.2) is 52.3 Å². The van der Waals surface area contributed by atoms with Crippen LogP contribution in [0.1, 0.15) is 16.4 Å². The van der Waals surface area contributed by atoms with Crippen LogP contribution in [0.5, 0.6) is 11.5 Å². The van der Waals surface area contributed by atoms with Crippen LogP contribution in [-0.2, 0) is 19.1 Å². The summed E-state index contributed by atoms with van der Waals surface area (Å²) >= 11 is 8.60. The fourth-order valence-corrected chi connectivity index (χ4v) is 7.96. The van der Waals surface area contributed by atoms with Gasteiger partial charge in [0, 0.05) is 34.5 Å². The summed E-state index contributed by atoms with van der Waals surface area (Å²) in [6, 6.07) is 11.7. The smallest absolute Gasteiger partial charge is 0.305 e. The van der Waals surface area contributed by atoms with E-state index in [0.717, 1.165) is 11.3 Å². The molecule has 0 saturated carbocycles. The Hall–Kier alpha value is -3.32. The number of methoxy groups -OCH3 is 1. The van der Waals surface area contributed by atoms with Crippen LogP contribution < -0.4 is 19.2 Å². The molecular weight excluding hydrogens is 578 g/mol. The number of rotatable bonds is 6. The lowest BCUT2D eigenvalue weighted by molar-refractivity contribution is -0.137. The van der Waals surface area contributed by atoms with Crippen LogP contribution in [0.2, 0.25) is 5.02 Å². The number of benzene rings is 2. The van der Waals surface area contributed by atoms with E-state index < -0.39 is 17.1 Å². The van der Waals surface area contributed by atoms with Gasteiger partial charge in [-0.2, -0.15) is 0 Å². The zero-order valence-corrected chi connectivity index (χ0v) is 23.6. The number of hydrogen-bond donors (Lipinski definition) is 1. The number of fused-ring (bicyclic) bond motifs is 2. The lowest BCUT2D eigenvalue weighted by atomic mass is 9.82. The van der Waals surface area contributed by atoms with Crippen LogP contribution in [-0.4, -0.2) is 72.9 Å². The summed E-state index contributed by atoms with van der Waals surface area (Å²) in [5, 5.41) is 0.151. The van der Waals surface area contributed by atoms with Gasteiger partial charge in [0.25, 0.3) is 5.91 Å². The first-order chi connectivity index (χ1) is 19.4. The van der Waals surface area contributed by atoms with Gasteiger partial charge in [-0.15, -0.1) is 0 Å². The molecule has 3 amide bonds. The summed E-state index contributed by atoms with van der Waals surface area (Å²) in [7, 11) is 1.54. The maximum Gasteiger partial charge on any atom is 0.305 e. The lowest BCUT2D eigenvalue weighted by Crippen LogP contribution is -2.43. The fourth-order valence-electron chi connectivity index (χ4n) is 5.28. The summed E-state index contributed by atoms with van der Waals surface area (Å²) in [5.41, 5.74) is 0.965. The van der Waals surface area contributed by atoms with E-state index >= 15 is 0 Å². The van der Waals surface area contributed by atoms with Crippen LogP contribution in [0.3, 0.4) is 0 Å². The molecule has 2 unspecified atom stereocenters. The Morgan fingerprint density at radius 3 is 2.58 bits per heavy atom. The predicted molar refractivity (Wildman–Crippen MR) is 150 cm³/mol. The number of aromatic nitrogens is 1. The Labute approximate surface area is 242 Å². The number of aromatic amines is 1. The van der Waals surface area contributed by atoms with E-state index in [-0.39, 0.29) is 29.2 Å². The molecule has 40 heavy (non-hydrogen) atoms. The van der Waals surface area contributed by atoms with E-state index in [9.17, 15) is 19.2 Å². The number of H-pyrrole nitrogens is 1. The summed E-state index contributed by atoms with van der Waals surface area (Å²) in [6.07, 6.45) is 0. The number of carbonyl (C=O) groups excluding carboxylic acids is 3. The zero-order valence-electron chi connectivity index (χ0n) is 21.3. The molecule has 3 aliphatic rings. The van der Waals surface area contributed by atoms with Gasteiger partial charge in [-0.1, -0.05) is 34.7 Å². The minimum absolute atomic E-state index is 0.189. The van der Waals surface area contributed by atoms with E-state index in [1.165, 1.54) is 23.8 Å². The first kappa shape index (κ1) is 26.9. The van der Waals surface area contributed by atoms with Crippen molar-refractivity contribution in [3.05, 3.63) is 67.6 Å². The molecule has 3 atom stereocenters. The summed E-state index contributed by atoms with van der Waals surface area (Å²) in [5.74, 6) is -1.52. The number of halogens is 1.